The van der Waals surface area contributed by atoms with Crippen molar-refractivity contribution >= 4 is 45.0 Å². The van der Waals surface area contributed by atoms with Crippen LogP contribution in [0, 0.1) is 0 Å². The number of methoxy groups -OCH3 is 1. The van der Waals surface area contributed by atoms with Crippen LogP contribution < -0.4 is 16.3 Å². The van der Waals surface area contributed by atoms with Crippen LogP contribution >= 0.6 is 11.3 Å². The van der Waals surface area contributed by atoms with Gasteiger partial charge in [-0.05, 0) is 42.4 Å². The number of fused-ring (bicyclic) bond motifs is 3. The Kier molecular flexibility index (Phi) is 6.90. The van der Waals surface area contributed by atoms with Crippen LogP contribution in [0.25, 0.3) is 43.8 Å². The van der Waals surface area contributed by atoms with Crippen molar-refractivity contribution < 1.29 is 13.9 Å². The zero-order valence-corrected chi connectivity index (χ0v) is 20.7. The number of likely N-dealkylation sites (N-methyl/N-ethyl adjacent to an activating group) is 1. The molecule has 10 heteroatoms. The molecule has 0 saturated carbocycles. The maximum Gasteiger partial charge on any atom is 0.348 e. The summed E-state index contributed by atoms with van der Waals surface area (Å²) in [5.41, 5.74) is 6.06. The number of ether oxygens (including phenoxy) is 1. The number of thiazole rings is 1. The molecule has 2 aromatic carbocycles. The van der Waals surface area contributed by atoms with Gasteiger partial charge in [0.05, 0.1) is 30.1 Å². The number of furan rings is 1. The molecule has 0 aliphatic heterocycles. The molecule has 36 heavy (non-hydrogen) atoms. The summed E-state index contributed by atoms with van der Waals surface area (Å²) in [6.45, 7) is 3.60. The van der Waals surface area contributed by atoms with Gasteiger partial charge >= 0.3 is 5.69 Å². The number of aromatic nitrogens is 3. The molecule has 0 aliphatic carbocycles. The van der Waals surface area contributed by atoms with Crippen LogP contribution in [-0.4, -0.2) is 47.2 Å². The first-order valence-corrected chi connectivity index (χ1v) is 12.4. The van der Waals surface area contributed by atoms with Crippen LogP contribution in [0.15, 0.2) is 63.4 Å². The minimum atomic E-state index is -0.386. The third kappa shape index (κ3) is 4.66. The monoisotopic (exact) mass is 503 g/mol. The molecule has 0 aliphatic rings. The van der Waals surface area contributed by atoms with Crippen LogP contribution in [0.1, 0.15) is 6.92 Å². The Morgan fingerprint density at radius 1 is 1.17 bits per heavy atom. The van der Waals surface area contributed by atoms with Crippen molar-refractivity contribution in [3.05, 3.63) is 64.7 Å². The quantitative estimate of drug-likeness (QED) is 0.311. The molecule has 5 rings (SSSR count). The second kappa shape index (κ2) is 10.4. The molecule has 2 N–H and O–H groups in total. The standard InChI is InChI=1S/C26H25N5O4S/c1-3-27-14-22(32)29-18-7-4-16(5-8-18)23-25-24(31(10-11-34-2)26(33)30-23)19-12-17(6-9-20(19)35-25)21-13-28-15-36-21/h4-9,12-13,15,27H,3,10-11,14H2,1-2H3,(H,29,32). The van der Waals surface area contributed by atoms with Crippen LogP contribution in [0.5, 0.6) is 0 Å². The summed E-state index contributed by atoms with van der Waals surface area (Å²) in [6.07, 6.45) is 1.82. The molecule has 0 radical (unpaired) electrons. The molecular formula is C26H25N5O4S. The van der Waals surface area contributed by atoms with E-state index >= 15 is 0 Å². The number of carbonyl (C=O) groups excluding carboxylic acids is 1. The van der Waals surface area contributed by atoms with Crippen molar-refractivity contribution in [3.63, 3.8) is 0 Å². The van der Waals surface area contributed by atoms with Crippen molar-refractivity contribution in [2.24, 2.45) is 0 Å². The normalized spacial score (nSPS) is 11.4. The lowest BCUT2D eigenvalue weighted by atomic mass is 10.1. The van der Waals surface area contributed by atoms with E-state index in [1.165, 1.54) is 0 Å². The molecule has 0 atom stereocenters. The lowest BCUT2D eigenvalue weighted by molar-refractivity contribution is -0.115. The SMILES string of the molecule is CCNCC(=O)Nc1ccc(-c2nc(=O)n(CCOC)c3c2oc2ccc(-c4cncs4)cc23)cc1. The molecule has 1 amide bonds. The number of rotatable bonds is 9. The molecule has 5 aromatic rings. The fraction of sp³-hybridized carbons (Fsp3) is 0.231. The lowest BCUT2D eigenvalue weighted by Gasteiger charge is -2.10. The molecular weight excluding hydrogens is 478 g/mol. The molecule has 0 saturated heterocycles. The Morgan fingerprint density at radius 2 is 1.97 bits per heavy atom. The van der Waals surface area contributed by atoms with E-state index in [0.717, 1.165) is 15.8 Å². The number of nitrogens with one attached hydrogen (secondary N) is 2. The van der Waals surface area contributed by atoms with Crippen LogP contribution in [0.3, 0.4) is 0 Å². The van der Waals surface area contributed by atoms with Crippen molar-refractivity contribution in [1.29, 1.82) is 0 Å². The molecule has 0 bridgehead atoms. The fourth-order valence-electron chi connectivity index (χ4n) is 4.07. The summed E-state index contributed by atoms with van der Waals surface area (Å²) < 4.78 is 13.1. The fourth-order valence-corrected chi connectivity index (χ4v) is 4.69. The Bertz CT molecular complexity index is 1570. The van der Waals surface area contributed by atoms with Crippen molar-refractivity contribution in [2.75, 3.05) is 32.1 Å². The van der Waals surface area contributed by atoms with Crippen molar-refractivity contribution in [3.8, 4) is 21.7 Å². The zero-order valence-electron chi connectivity index (χ0n) is 19.9. The molecule has 9 nitrogen and oxygen atoms in total. The first-order chi connectivity index (χ1) is 17.6. The summed E-state index contributed by atoms with van der Waals surface area (Å²) in [5, 5.41) is 6.66. The van der Waals surface area contributed by atoms with E-state index in [-0.39, 0.29) is 18.1 Å². The maximum atomic E-state index is 13.2. The van der Waals surface area contributed by atoms with E-state index in [9.17, 15) is 9.59 Å². The number of amides is 1. The lowest BCUT2D eigenvalue weighted by Crippen LogP contribution is -2.27. The van der Waals surface area contributed by atoms with Gasteiger partial charge in [0.1, 0.15) is 16.8 Å². The van der Waals surface area contributed by atoms with Gasteiger partial charge in [-0.3, -0.25) is 14.3 Å². The molecule has 0 spiro atoms. The Morgan fingerprint density at radius 3 is 2.69 bits per heavy atom. The van der Waals surface area contributed by atoms with E-state index in [4.69, 9.17) is 9.15 Å². The maximum absolute atomic E-state index is 13.2. The molecule has 3 heterocycles. The van der Waals surface area contributed by atoms with Crippen LogP contribution in [-0.2, 0) is 16.1 Å². The highest BCUT2D eigenvalue weighted by atomic mass is 32.1. The minimum Gasteiger partial charge on any atom is -0.452 e. The average molecular weight is 504 g/mol. The number of hydrogen-bond donors (Lipinski definition) is 2. The second-order valence-electron chi connectivity index (χ2n) is 8.15. The summed E-state index contributed by atoms with van der Waals surface area (Å²) in [5.74, 6) is -0.125. The van der Waals surface area contributed by atoms with Crippen molar-refractivity contribution in [2.45, 2.75) is 13.5 Å². The van der Waals surface area contributed by atoms with Gasteiger partial charge in [-0.25, -0.2) is 4.79 Å². The van der Waals surface area contributed by atoms with Gasteiger partial charge in [-0.15, -0.1) is 11.3 Å². The van der Waals surface area contributed by atoms with Gasteiger partial charge in [-0.2, -0.15) is 4.98 Å². The third-order valence-corrected chi connectivity index (χ3v) is 6.62. The Labute approximate surface area is 210 Å². The molecule has 0 fully saturated rings. The van der Waals surface area contributed by atoms with E-state index in [1.807, 2.05) is 43.5 Å². The smallest absolute Gasteiger partial charge is 0.348 e. The van der Waals surface area contributed by atoms with Gasteiger partial charge in [0, 0.05) is 29.9 Å². The van der Waals surface area contributed by atoms with E-state index in [0.29, 0.717) is 53.3 Å². The second-order valence-corrected chi connectivity index (χ2v) is 9.04. The predicted molar refractivity (Wildman–Crippen MR) is 141 cm³/mol. The summed E-state index contributed by atoms with van der Waals surface area (Å²) in [7, 11) is 1.60. The first-order valence-electron chi connectivity index (χ1n) is 11.5. The molecule has 3 aromatic heterocycles. The minimum absolute atomic E-state index is 0.125. The largest absolute Gasteiger partial charge is 0.452 e. The number of anilines is 1. The number of nitrogens with zero attached hydrogens (tertiary/aromatic N) is 3. The number of carbonyl (C=O) groups is 1. The Balaban J connectivity index is 1.62. The number of hydrogen-bond acceptors (Lipinski definition) is 8. The van der Waals surface area contributed by atoms with E-state index in [1.54, 1.807) is 40.7 Å². The van der Waals surface area contributed by atoms with Crippen LogP contribution in [0.4, 0.5) is 5.69 Å². The first kappa shape index (κ1) is 23.9. The zero-order chi connectivity index (χ0) is 25.1. The van der Waals surface area contributed by atoms with Gasteiger partial charge < -0.3 is 19.8 Å². The molecule has 0 unspecified atom stereocenters. The summed E-state index contributed by atoms with van der Waals surface area (Å²) >= 11 is 1.55. The summed E-state index contributed by atoms with van der Waals surface area (Å²) in [6, 6.07) is 13.1. The van der Waals surface area contributed by atoms with Crippen LogP contribution in [0.2, 0.25) is 0 Å². The van der Waals surface area contributed by atoms with E-state index in [2.05, 4.69) is 20.6 Å². The van der Waals surface area contributed by atoms with Gasteiger partial charge in [0.25, 0.3) is 0 Å². The highest BCUT2D eigenvalue weighted by molar-refractivity contribution is 7.13. The third-order valence-electron chi connectivity index (χ3n) is 5.80. The van der Waals surface area contributed by atoms with Crippen molar-refractivity contribution in [1.82, 2.24) is 19.9 Å². The van der Waals surface area contributed by atoms with Gasteiger partial charge in [0.2, 0.25) is 5.91 Å². The van der Waals surface area contributed by atoms with Gasteiger partial charge in [0.15, 0.2) is 5.58 Å². The summed E-state index contributed by atoms with van der Waals surface area (Å²) in [4.78, 5) is 34.8. The molecule has 184 valence electrons. The Hall–Kier alpha value is -3.86. The predicted octanol–water partition coefficient (Wildman–Crippen LogP) is 4.13. The van der Waals surface area contributed by atoms with Gasteiger partial charge in [-0.1, -0.05) is 19.1 Å². The topological polar surface area (TPSA) is 111 Å². The average Bonchev–Trinajstić information content (AvgIpc) is 3.55. The number of benzene rings is 2. The van der Waals surface area contributed by atoms with E-state index < -0.39 is 0 Å². The highest BCUT2D eigenvalue weighted by Crippen LogP contribution is 2.36. The highest BCUT2D eigenvalue weighted by Gasteiger charge is 2.20.